The highest BCUT2D eigenvalue weighted by Crippen LogP contribution is 2.25. The highest BCUT2D eigenvalue weighted by molar-refractivity contribution is 5.88. The van der Waals surface area contributed by atoms with Crippen LogP contribution in [0.2, 0.25) is 0 Å². The molecule has 0 radical (unpaired) electrons. The molecule has 0 aromatic heterocycles. The summed E-state index contributed by atoms with van der Waals surface area (Å²) in [5.41, 5.74) is 5.01. The summed E-state index contributed by atoms with van der Waals surface area (Å²) in [4.78, 5) is 0. The van der Waals surface area contributed by atoms with E-state index in [2.05, 4.69) is 62.5 Å². The molecular weight excluding hydrogens is 246 g/mol. The zero-order valence-corrected chi connectivity index (χ0v) is 12.7. The second-order valence-corrected chi connectivity index (χ2v) is 5.63. The van der Waals surface area contributed by atoms with Gasteiger partial charge in [-0.05, 0) is 67.8 Å². The Morgan fingerprint density at radius 2 is 1.70 bits per heavy atom. The minimum Gasteiger partial charge on any atom is -0.392 e. The van der Waals surface area contributed by atoms with Gasteiger partial charge in [0, 0.05) is 12.2 Å². The molecule has 0 bridgehead atoms. The third-order valence-corrected chi connectivity index (χ3v) is 3.62. The van der Waals surface area contributed by atoms with Gasteiger partial charge in [0.1, 0.15) is 0 Å². The molecule has 0 amide bonds. The predicted octanol–water partition coefficient (Wildman–Crippen LogP) is 4.45. The fourth-order valence-corrected chi connectivity index (χ4v) is 2.14. The molecule has 0 fully saturated rings. The van der Waals surface area contributed by atoms with Gasteiger partial charge in [-0.25, -0.2) is 0 Å². The Labute approximate surface area is 121 Å². The van der Waals surface area contributed by atoms with Crippen LogP contribution < -0.4 is 5.32 Å². The normalized spacial score (nSPS) is 12.2. The Bertz CT molecular complexity index is 637. The number of hydrogen-bond donors (Lipinski definition) is 2. The Morgan fingerprint density at radius 1 is 1.05 bits per heavy atom. The van der Waals surface area contributed by atoms with Crippen LogP contribution in [0.25, 0.3) is 16.3 Å². The highest BCUT2D eigenvalue weighted by Gasteiger charge is 2.02. The Balaban J connectivity index is 2.32. The Kier molecular flexibility index (Phi) is 4.46. The molecule has 0 aliphatic heterocycles. The van der Waals surface area contributed by atoms with Crippen LogP contribution in [0.15, 0.2) is 42.0 Å². The van der Waals surface area contributed by atoms with Gasteiger partial charge in [0.15, 0.2) is 0 Å². The lowest BCUT2D eigenvalue weighted by Crippen LogP contribution is -2.15. The Morgan fingerprint density at radius 3 is 2.35 bits per heavy atom. The number of aliphatic hydroxyl groups excluding tert-OH is 1. The molecule has 0 heterocycles. The molecule has 0 saturated heterocycles. The molecule has 2 heteroatoms. The summed E-state index contributed by atoms with van der Waals surface area (Å²) in [6.07, 6.45) is -0.339. The van der Waals surface area contributed by atoms with Gasteiger partial charge in [0.25, 0.3) is 0 Å². The van der Waals surface area contributed by atoms with E-state index in [-0.39, 0.29) is 6.10 Å². The molecule has 2 aromatic carbocycles. The van der Waals surface area contributed by atoms with Gasteiger partial charge < -0.3 is 10.4 Å². The van der Waals surface area contributed by atoms with Gasteiger partial charge in [-0.2, -0.15) is 0 Å². The van der Waals surface area contributed by atoms with Crippen molar-refractivity contribution in [2.24, 2.45) is 0 Å². The first kappa shape index (κ1) is 14.6. The minimum atomic E-state index is -0.339. The van der Waals surface area contributed by atoms with E-state index in [1.807, 2.05) is 0 Å². The molecular formula is C18H23NO. The summed E-state index contributed by atoms with van der Waals surface area (Å²) in [6.45, 7) is 8.79. The summed E-state index contributed by atoms with van der Waals surface area (Å²) in [5.74, 6) is 0. The number of hydrogen-bond acceptors (Lipinski definition) is 2. The maximum Gasteiger partial charge on any atom is 0.0684 e. The molecule has 0 aliphatic rings. The van der Waals surface area contributed by atoms with Crippen LogP contribution >= 0.6 is 0 Å². The zero-order chi connectivity index (χ0) is 14.7. The summed E-state index contributed by atoms with van der Waals surface area (Å²) >= 11 is 0. The third-order valence-electron chi connectivity index (χ3n) is 3.62. The second kappa shape index (κ2) is 6.10. The molecule has 2 rings (SSSR count). The van der Waals surface area contributed by atoms with E-state index in [0.717, 1.165) is 5.69 Å². The summed E-state index contributed by atoms with van der Waals surface area (Å²) < 4.78 is 0. The number of fused-ring (bicyclic) bond motifs is 1. The topological polar surface area (TPSA) is 32.3 Å². The van der Waals surface area contributed by atoms with Crippen molar-refractivity contribution in [1.29, 1.82) is 0 Å². The van der Waals surface area contributed by atoms with Gasteiger partial charge in [0.05, 0.1) is 6.10 Å². The van der Waals surface area contributed by atoms with E-state index in [1.54, 1.807) is 6.92 Å². The van der Waals surface area contributed by atoms with E-state index < -0.39 is 0 Å². The lowest BCUT2D eigenvalue weighted by molar-refractivity contribution is 0.208. The van der Waals surface area contributed by atoms with Crippen molar-refractivity contribution in [1.82, 2.24) is 0 Å². The first-order valence-corrected chi connectivity index (χ1v) is 7.07. The average molecular weight is 269 g/mol. The van der Waals surface area contributed by atoms with Crippen LogP contribution in [-0.4, -0.2) is 17.8 Å². The van der Waals surface area contributed by atoms with Gasteiger partial charge in [0.2, 0.25) is 0 Å². The number of nitrogens with one attached hydrogen (secondary N) is 1. The molecule has 0 spiro atoms. The van der Waals surface area contributed by atoms with Gasteiger partial charge in [-0.3, -0.25) is 0 Å². The molecule has 2 N–H and O–H groups in total. The van der Waals surface area contributed by atoms with E-state index in [9.17, 15) is 5.11 Å². The molecule has 106 valence electrons. The quantitative estimate of drug-likeness (QED) is 0.859. The molecule has 2 nitrogen and oxygen atoms in total. The number of rotatable bonds is 4. The van der Waals surface area contributed by atoms with Crippen molar-refractivity contribution in [2.75, 3.05) is 11.9 Å². The van der Waals surface area contributed by atoms with Gasteiger partial charge in [-0.1, -0.05) is 23.8 Å². The monoisotopic (exact) mass is 269 g/mol. The molecule has 0 aliphatic carbocycles. The fourth-order valence-electron chi connectivity index (χ4n) is 2.14. The van der Waals surface area contributed by atoms with Crippen LogP contribution in [0.3, 0.4) is 0 Å². The van der Waals surface area contributed by atoms with Crippen molar-refractivity contribution in [3.05, 3.63) is 47.5 Å². The highest BCUT2D eigenvalue weighted by atomic mass is 16.3. The van der Waals surface area contributed by atoms with Crippen LogP contribution in [0.1, 0.15) is 33.3 Å². The standard InChI is InChI=1S/C18H23NO/c1-12(2)14(4)15-5-6-17-10-18(19-11-13(3)20)8-7-16(17)9-15/h5-10,13,19-20H,11H2,1-4H3. The van der Waals surface area contributed by atoms with E-state index in [4.69, 9.17) is 0 Å². The predicted molar refractivity (Wildman–Crippen MR) is 88.1 cm³/mol. The van der Waals surface area contributed by atoms with Crippen molar-refractivity contribution >= 4 is 22.0 Å². The van der Waals surface area contributed by atoms with Crippen LogP contribution in [0, 0.1) is 0 Å². The number of aliphatic hydroxyl groups is 1. The third kappa shape index (κ3) is 3.40. The summed E-state index contributed by atoms with van der Waals surface area (Å²) in [6, 6.07) is 12.9. The average Bonchev–Trinajstić information content (AvgIpc) is 2.43. The molecule has 0 saturated carbocycles. The summed E-state index contributed by atoms with van der Waals surface area (Å²) in [5, 5.41) is 15.0. The molecule has 2 aromatic rings. The smallest absolute Gasteiger partial charge is 0.0684 e. The number of anilines is 1. The first-order chi connectivity index (χ1) is 9.47. The summed E-state index contributed by atoms with van der Waals surface area (Å²) in [7, 11) is 0. The molecule has 20 heavy (non-hydrogen) atoms. The van der Waals surface area contributed by atoms with Gasteiger partial charge >= 0.3 is 0 Å². The van der Waals surface area contributed by atoms with Crippen molar-refractivity contribution in [2.45, 2.75) is 33.8 Å². The lowest BCUT2D eigenvalue weighted by atomic mass is 9.99. The SMILES string of the molecule is CC(C)=C(C)c1ccc2cc(NCC(C)O)ccc2c1. The maximum absolute atomic E-state index is 9.31. The van der Waals surface area contributed by atoms with Crippen LogP contribution in [0.5, 0.6) is 0 Å². The zero-order valence-electron chi connectivity index (χ0n) is 12.7. The van der Waals surface area contributed by atoms with E-state index >= 15 is 0 Å². The lowest BCUT2D eigenvalue weighted by Gasteiger charge is -2.10. The number of benzene rings is 2. The van der Waals surface area contributed by atoms with Crippen molar-refractivity contribution in [3.8, 4) is 0 Å². The van der Waals surface area contributed by atoms with Gasteiger partial charge in [-0.15, -0.1) is 0 Å². The second-order valence-electron chi connectivity index (χ2n) is 5.63. The Hall–Kier alpha value is -1.80. The minimum absolute atomic E-state index is 0.339. The molecule has 1 atom stereocenters. The van der Waals surface area contributed by atoms with Crippen LogP contribution in [0.4, 0.5) is 5.69 Å². The van der Waals surface area contributed by atoms with Crippen LogP contribution in [-0.2, 0) is 0 Å². The largest absolute Gasteiger partial charge is 0.392 e. The van der Waals surface area contributed by atoms with E-state index in [0.29, 0.717) is 6.54 Å². The van der Waals surface area contributed by atoms with E-state index in [1.165, 1.54) is 27.5 Å². The first-order valence-electron chi connectivity index (χ1n) is 7.07. The maximum atomic E-state index is 9.31. The van der Waals surface area contributed by atoms with Crippen molar-refractivity contribution in [3.63, 3.8) is 0 Å². The fraction of sp³-hybridized carbons (Fsp3) is 0.333. The molecule has 1 unspecified atom stereocenters. The van der Waals surface area contributed by atoms with Crippen molar-refractivity contribution < 1.29 is 5.11 Å². The number of allylic oxidation sites excluding steroid dienone is 2.